The first kappa shape index (κ1) is 15.3. The van der Waals surface area contributed by atoms with Crippen molar-refractivity contribution >= 4 is 28.7 Å². The number of benzene rings is 2. The monoisotopic (exact) mass is 312 g/mol. The van der Waals surface area contributed by atoms with Crippen LogP contribution in [0.15, 0.2) is 30.3 Å². The van der Waals surface area contributed by atoms with Gasteiger partial charge in [0.1, 0.15) is 5.75 Å². The average Bonchev–Trinajstić information content (AvgIpc) is 3.03. The summed E-state index contributed by atoms with van der Waals surface area (Å²) >= 11 is 0. The number of aldehydes is 1. The van der Waals surface area contributed by atoms with Gasteiger partial charge in [0.2, 0.25) is 5.91 Å². The third kappa shape index (κ3) is 2.74. The highest BCUT2D eigenvalue weighted by Crippen LogP contribution is 2.31. The van der Waals surface area contributed by atoms with Crippen LogP contribution in [0.1, 0.15) is 23.7 Å². The van der Waals surface area contributed by atoms with Gasteiger partial charge >= 0.3 is 0 Å². The fraction of sp³-hybridized carbons (Fsp3) is 0.333. The molecule has 1 aliphatic rings. The lowest BCUT2D eigenvalue weighted by Crippen LogP contribution is -2.37. The molecule has 5 nitrogen and oxygen atoms in total. The Morgan fingerprint density at radius 3 is 2.78 bits per heavy atom. The van der Waals surface area contributed by atoms with Crippen molar-refractivity contribution in [1.29, 1.82) is 0 Å². The van der Waals surface area contributed by atoms with E-state index in [1.54, 1.807) is 24.0 Å². The predicted octanol–water partition coefficient (Wildman–Crippen LogP) is 2.41. The quantitative estimate of drug-likeness (QED) is 0.884. The Labute approximate surface area is 135 Å². The zero-order valence-electron chi connectivity index (χ0n) is 13.3. The molecule has 2 aromatic carbocycles. The van der Waals surface area contributed by atoms with E-state index in [4.69, 9.17) is 0 Å². The number of nitrogens with zero attached hydrogens (tertiary/aromatic N) is 2. The summed E-state index contributed by atoms with van der Waals surface area (Å²) in [5.41, 5.74) is 1.33. The molecule has 0 spiro atoms. The summed E-state index contributed by atoms with van der Waals surface area (Å²) in [6, 6.07) is 9.47. The fourth-order valence-electron chi connectivity index (χ4n) is 3.19. The molecule has 1 heterocycles. The first-order valence-electron chi connectivity index (χ1n) is 7.70. The van der Waals surface area contributed by atoms with Gasteiger partial charge < -0.3 is 14.9 Å². The van der Waals surface area contributed by atoms with Crippen molar-refractivity contribution in [2.45, 2.75) is 19.4 Å². The Morgan fingerprint density at radius 2 is 2.09 bits per heavy atom. The highest BCUT2D eigenvalue weighted by molar-refractivity contribution is 6.02. The number of hydrogen-bond acceptors (Lipinski definition) is 4. The third-order valence-electron chi connectivity index (χ3n) is 4.71. The van der Waals surface area contributed by atoms with Crippen LogP contribution in [0, 0.1) is 0 Å². The van der Waals surface area contributed by atoms with E-state index in [1.807, 2.05) is 25.2 Å². The summed E-state index contributed by atoms with van der Waals surface area (Å²) in [5.74, 6) is 0.0730. The Bertz CT molecular complexity index is 772. The number of likely N-dealkylation sites (N-methyl/N-ethyl adjacent to an activating group) is 1. The van der Waals surface area contributed by atoms with Crippen molar-refractivity contribution in [3.8, 4) is 5.75 Å². The molecular formula is C18H20N2O3. The third-order valence-corrected chi connectivity index (χ3v) is 4.71. The number of rotatable bonds is 3. The molecule has 0 saturated carbocycles. The number of hydrogen-bond donors (Lipinski definition) is 1. The van der Waals surface area contributed by atoms with E-state index in [9.17, 15) is 14.7 Å². The van der Waals surface area contributed by atoms with Gasteiger partial charge in [0.25, 0.3) is 0 Å². The van der Waals surface area contributed by atoms with E-state index >= 15 is 0 Å². The smallest absolute Gasteiger partial charge is 0.219 e. The lowest BCUT2D eigenvalue weighted by molar-refractivity contribution is -0.129. The van der Waals surface area contributed by atoms with Crippen molar-refractivity contribution < 1.29 is 14.7 Å². The summed E-state index contributed by atoms with van der Waals surface area (Å²) in [7, 11) is 1.83. The molecule has 5 heteroatoms. The van der Waals surface area contributed by atoms with Gasteiger partial charge in [-0.3, -0.25) is 9.59 Å². The van der Waals surface area contributed by atoms with Gasteiger partial charge in [-0.15, -0.1) is 0 Å². The van der Waals surface area contributed by atoms with E-state index in [-0.39, 0.29) is 17.7 Å². The van der Waals surface area contributed by atoms with Crippen LogP contribution in [0.3, 0.4) is 0 Å². The van der Waals surface area contributed by atoms with Crippen LogP contribution in [-0.4, -0.2) is 48.4 Å². The van der Waals surface area contributed by atoms with Gasteiger partial charge in [-0.05, 0) is 35.4 Å². The van der Waals surface area contributed by atoms with Gasteiger partial charge in [-0.1, -0.05) is 12.1 Å². The predicted molar refractivity (Wildman–Crippen MR) is 90.1 cm³/mol. The highest BCUT2D eigenvalue weighted by atomic mass is 16.3. The summed E-state index contributed by atoms with van der Waals surface area (Å²) in [6.07, 6.45) is 1.62. The van der Waals surface area contributed by atoms with Crippen LogP contribution in [0.5, 0.6) is 5.75 Å². The topological polar surface area (TPSA) is 60.9 Å². The van der Waals surface area contributed by atoms with Crippen molar-refractivity contribution in [3.63, 3.8) is 0 Å². The molecule has 0 aliphatic carbocycles. The van der Waals surface area contributed by atoms with Gasteiger partial charge in [0.05, 0.1) is 11.6 Å². The minimum Gasteiger partial charge on any atom is -0.507 e. The largest absolute Gasteiger partial charge is 0.507 e. The Hall–Kier alpha value is -2.56. The van der Waals surface area contributed by atoms with E-state index < -0.39 is 0 Å². The minimum absolute atomic E-state index is 0.000242. The van der Waals surface area contributed by atoms with Crippen LogP contribution in [-0.2, 0) is 4.79 Å². The lowest BCUT2D eigenvalue weighted by Gasteiger charge is -2.24. The molecule has 1 fully saturated rings. The first-order chi connectivity index (χ1) is 11.0. The van der Waals surface area contributed by atoms with Crippen LogP contribution >= 0.6 is 0 Å². The summed E-state index contributed by atoms with van der Waals surface area (Å²) in [4.78, 5) is 26.8. The van der Waals surface area contributed by atoms with Crippen molar-refractivity contribution in [2.75, 3.05) is 25.0 Å². The molecule has 120 valence electrons. The standard InChI is InChI=1S/C18H20N2O3/c1-12(22)19(2)15-7-8-20(10-15)14-5-3-13-4-6-18(23)17(11-21)16(13)9-14/h3-6,9,11,15,23H,7-8,10H2,1-2H3. The van der Waals surface area contributed by atoms with Crippen molar-refractivity contribution in [3.05, 3.63) is 35.9 Å². The molecule has 1 N–H and O–H groups in total. The van der Waals surface area contributed by atoms with E-state index in [0.29, 0.717) is 11.8 Å². The zero-order chi connectivity index (χ0) is 16.6. The van der Waals surface area contributed by atoms with Crippen molar-refractivity contribution in [1.82, 2.24) is 4.90 Å². The minimum atomic E-state index is 0.000242. The maximum absolute atomic E-state index is 11.5. The summed E-state index contributed by atoms with van der Waals surface area (Å²) in [6.45, 7) is 3.22. The molecular weight excluding hydrogens is 292 g/mol. The average molecular weight is 312 g/mol. The van der Waals surface area contributed by atoms with Crippen LogP contribution in [0.2, 0.25) is 0 Å². The van der Waals surface area contributed by atoms with E-state index in [2.05, 4.69) is 4.90 Å². The van der Waals surface area contributed by atoms with Crippen molar-refractivity contribution in [2.24, 2.45) is 0 Å². The molecule has 1 saturated heterocycles. The number of anilines is 1. The van der Waals surface area contributed by atoms with Gasteiger partial charge in [-0.2, -0.15) is 0 Å². The molecule has 2 aromatic rings. The number of phenolic OH excluding ortho intramolecular Hbond substituents is 1. The lowest BCUT2D eigenvalue weighted by atomic mass is 10.0. The number of carbonyl (C=O) groups is 2. The molecule has 0 bridgehead atoms. The Balaban J connectivity index is 1.92. The number of amides is 1. The normalized spacial score (nSPS) is 17.5. The van der Waals surface area contributed by atoms with Crippen LogP contribution < -0.4 is 4.90 Å². The number of carbonyl (C=O) groups excluding carboxylic acids is 2. The van der Waals surface area contributed by atoms with Gasteiger partial charge in [0, 0.05) is 32.7 Å². The first-order valence-corrected chi connectivity index (χ1v) is 7.70. The number of aromatic hydroxyl groups is 1. The van der Waals surface area contributed by atoms with Gasteiger partial charge in [0.15, 0.2) is 6.29 Å². The zero-order valence-corrected chi connectivity index (χ0v) is 13.3. The molecule has 1 atom stereocenters. The molecule has 1 amide bonds. The number of fused-ring (bicyclic) bond motifs is 1. The molecule has 3 rings (SSSR count). The second kappa shape index (κ2) is 5.91. The molecule has 0 radical (unpaired) electrons. The maximum atomic E-state index is 11.5. The Morgan fingerprint density at radius 1 is 1.35 bits per heavy atom. The molecule has 23 heavy (non-hydrogen) atoms. The second-order valence-corrected chi connectivity index (χ2v) is 6.04. The molecule has 1 unspecified atom stereocenters. The summed E-state index contributed by atoms with van der Waals surface area (Å²) < 4.78 is 0. The molecule has 1 aliphatic heterocycles. The van der Waals surface area contributed by atoms with Crippen LogP contribution in [0.4, 0.5) is 5.69 Å². The highest BCUT2D eigenvalue weighted by Gasteiger charge is 2.27. The van der Waals surface area contributed by atoms with E-state index in [0.717, 1.165) is 36.0 Å². The summed E-state index contributed by atoms with van der Waals surface area (Å²) in [5, 5.41) is 11.5. The van der Waals surface area contributed by atoms with E-state index in [1.165, 1.54) is 0 Å². The SMILES string of the molecule is CC(=O)N(C)C1CCN(c2ccc3ccc(O)c(C=O)c3c2)C1. The Kier molecular flexibility index (Phi) is 3.94. The second-order valence-electron chi connectivity index (χ2n) is 6.04. The fourth-order valence-corrected chi connectivity index (χ4v) is 3.19. The number of phenols is 1. The maximum Gasteiger partial charge on any atom is 0.219 e. The molecule has 0 aromatic heterocycles. The van der Waals surface area contributed by atoms with Crippen LogP contribution in [0.25, 0.3) is 10.8 Å². The van der Waals surface area contributed by atoms with Gasteiger partial charge in [-0.25, -0.2) is 0 Å².